The zero-order valence-corrected chi connectivity index (χ0v) is 20.3. The summed E-state index contributed by atoms with van der Waals surface area (Å²) in [6.45, 7) is 12.2. The van der Waals surface area contributed by atoms with E-state index in [1.165, 1.54) is 0 Å². The molecule has 184 valence electrons. The molecular weight excluding hydrogens is 408 g/mol. The molecule has 2 unspecified atom stereocenters. The van der Waals surface area contributed by atoms with Gasteiger partial charge in [0.1, 0.15) is 0 Å². The molecule has 3 rings (SSSR count). The van der Waals surface area contributed by atoms with Crippen molar-refractivity contribution in [2.45, 2.75) is 71.8 Å². The molecule has 3 fully saturated rings. The fourth-order valence-electron chi connectivity index (χ4n) is 5.90. The third-order valence-corrected chi connectivity index (χ3v) is 7.24. The molecule has 0 spiro atoms. The van der Waals surface area contributed by atoms with Crippen molar-refractivity contribution in [1.82, 2.24) is 21.3 Å². The average Bonchev–Trinajstić information content (AvgIpc) is 2.75. The summed E-state index contributed by atoms with van der Waals surface area (Å²) >= 11 is 0. The minimum atomic E-state index is -0.334. The molecule has 2 amide bonds. The lowest BCUT2D eigenvalue weighted by Crippen LogP contribution is -2.50. The summed E-state index contributed by atoms with van der Waals surface area (Å²) < 4.78 is 11.0. The molecule has 2 saturated heterocycles. The predicted molar refractivity (Wildman–Crippen MR) is 125 cm³/mol. The quantitative estimate of drug-likeness (QED) is 0.474. The van der Waals surface area contributed by atoms with Crippen LogP contribution in [0.3, 0.4) is 0 Å². The Morgan fingerprint density at radius 3 is 1.94 bits per heavy atom. The highest BCUT2D eigenvalue weighted by molar-refractivity contribution is 5.68. The number of carbonyl (C=O) groups excluding carboxylic acids is 2. The highest BCUT2D eigenvalue weighted by Gasteiger charge is 2.42. The number of ether oxygens (including phenoxy) is 2. The van der Waals surface area contributed by atoms with E-state index in [9.17, 15) is 9.59 Å². The number of rotatable bonds is 7. The van der Waals surface area contributed by atoms with Crippen LogP contribution in [-0.2, 0) is 9.47 Å². The van der Waals surface area contributed by atoms with E-state index in [-0.39, 0.29) is 29.1 Å². The smallest absolute Gasteiger partial charge is 0.407 e. The minimum absolute atomic E-state index is 0.0387. The van der Waals surface area contributed by atoms with Crippen molar-refractivity contribution in [3.05, 3.63) is 0 Å². The number of piperidine rings is 2. The van der Waals surface area contributed by atoms with Crippen molar-refractivity contribution in [1.29, 1.82) is 0 Å². The van der Waals surface area contributed by atoms with Crippen molar-refractivity contribution < 1.29 is 19.1 Å². The van der Waals surface area contributed by atoms with Crippen molar-refractivity contribution in [2.24, 2.45) is 22.7 Å². The summed E-state index contributed by atoms with van der Waals surface area (Å²) in [6.07, 6.45) is 6.28. The molecule has 0 aromatic carbocycles. The number of hydrogen-bond acceptors (Lipinski definition) is 6. The van der Waals surface area contributed by atoms with Crippen molar-refractivity contribution in [3.8, 4) is 0 Å². The van der Waals surface area contributed by atoms with Gasteiger partial charge in [0.15, 0.2) is 0 Å². The highest BCUT2D eigenvalue weighted by atomic mass is 16.6. The molecule has 8 nitrogen and oxygen atoms in total. The molecular formula is C24H44N4O4. The molecule has 0 bridgehead atoms. The van der Waals surface area contributed by atoms with Crippen LogP contribution < -0.4 is 21.3 Å². The van der Waals surface area contributed by atoms with Gasteiger partial charge in [0.2, 0.25) is 0 Å². The molecule has 0 aromatic rings. The first-order chi connectivity index (χ1) is 15.2. The van der Waals surface area contributed by atoms with Gasteiger partial charge in [-0.3, -0.25) is 0 Å². The number of carbonyl (C=O) groups is 2. The summed E-state index contributed by atoms with van der Waals surface area (Å²) in [6, 6.07) is 0.0387. The largest absolute Gasteiger partial charge is 0.449 e. The van der Waals surface area contributed by atoms with Gasteiger partial charge < -0.3 is 30.7 Å². The monoisotopic (exact) mass is 452 g/mol. The second-order valence-corrected chi connectivity index (χ2v) is 11.3. The fraction of sp³-hybridized carbons (Fsp3) is 0.917. The Morgan fingerprint density at radius 2 is 1.38 bits per heavy atom. The van der Waals surface area contributed by atoms with Gasteiger partial charge in [0, 0.05) is 12.6 Å². The first-order valence-corrected chi connectivity index (χ1v) is 12.5. The third-order valence-electron chi connectivity index (χ3n) is 7.24. The molecule has 32 heavy (non-hydrogen) atoms. The number of amides is 2. The van der Waals surface area contributed by atoms with E-state index < -0.39 is 0 Å². The second-order valence-electron chi connectivity index (χ2n) is 11.3. The summed E-state index contributed by atoms with van der Waals surface area (Å²) in [4.78, 5) is 24.7. The van der Waals surface area contributed by atoms with E-state index in [0.717, 1.165) is 71.1 Å². The lowest BCUT2D eigenvalue weighted by Gasteiger charge is -2.46. The molecule has 1 aliphatic carbocycles. The van der Waals surface area contributed by atoms with E-state index in [1.54, 1.807) is 0 Å². The van der Waals surface area contributed by atoms with Gasteiger partial charge in [-0.15, -0.1) is 0 Å². The summed E-state index contributed by atoms with van der Waals surface area (Å²) in [7, 11) is 0. The van der Waals surface area contributed by atoms with Gasteiger partial charge in [0.05, 0.1) is 13.2 Å². The van der Waals surface area contributed by atoms with Crippen LogP contribution in [0.4, 0.5) is 9.59 Å². The molecule has 1 saturated carbocycles. The van der Waals surface area contributed by atoms with Crippen molar-refractivity contribution in [2.75, 3.05) is 45.9 Å². The van der Waals surface area contributed by atoms with Crippen LogP contribution in [-0.4, -0.2) is 64.2 Å². The predicted octanol–water partition coefficient (Wildman–Crippen LogP) is 3.02. The van der Waals surface area contributed by atoms with E-state index >= 15 is 0 Å². The maximum atomic E-state index is 12.4. The zero-order valence-electron chi connectivity index (χ0n) is 20.3. The molecule has 0 radical (unpaired) electrons. The van der Waals surface area contributed by atoms with Crippen LogP contribution in [0.1, 0.15) is 65.7 Å². The molecule has 2 atom stereocenters. The Balaban J connectivity index is 1.42. The normalized spacial score (nSPS) is 29.2. The second kappa shape index (κ2) is 11.5. The molecule has 2 heterocycles. The van der Waals surface area contributed by atoms with Gasteiger partial charge >= 0.3 is 12.2 Å². The Labute approximate surface area is 193 Å². The Morgan fingerprint density at radius 1 is 0.844 bits per heavy atom. The molecule has 2 aliphatic heterocycles. The Kier molecular flexibility index (Phi) is 9.05. The van der Waals surface area contributed by atoms with Crippen LogP contribution in [0, 0.1) is 22.7 Å². The lowest BCUT2D eigenvalue weighted by atomic mass is 9.62. The maximum absolute atomic E-state index is 12.4. The van der Waals surface area contributed by atoms with Crippen molar-refractivity contribution in [3.63, 3.8) is 0 Å². The van der Waals surface area contributed by atoms with Crippen LogP contribution in [0.5, 0.6) is 0 Å². The number of alkyl carbamates (subject to hydrolysis) is 2. The van der Waals surface area contributed by atoms with Crippen LogP contribution >= 0.6 is 0 Å². The zero-order chi connectivity index (χ0) is 23.0. The topological polar surface area (TPSA) is 101 Å². The van der Waals surface area contributed by atoms with Crippen molar-refractivity contribution >= 4 is 12.2 Å². The van der Waals surface area contributed by atoms with E-state index in [4.69, 9.17) is 9.47 Å². The third kappa shape index (κ3) is 8.43. The van der Waals surface area contributed by atoms with Crippen LogP contribution in [0.15, 0.2) is 0 Å². The van der Waals surface area contributed by atoms with Gasteiger partial charge in [0.25, 0.3) is 0 Å². The Hall–Kier alpha value is -1.54. The highest BCUT2D eigenvalue weighted by Crippen LogP contribution is 2.45. The standard InChI is InChI=1S/C24H44N4O4/c1-23(2)12-20(28-22(30)32-15-19-6-10-26-11-7-19)13-24(3,16-23)17-27-21(29)31-14-18-4-8-25-9-5-18/h18-20,25-26H,4-17H2,1-3H3,(H,27,29)(H,28,30). The fourth-order valence-corrected chi connectivity index (χ4v) is 5.90. The summed E-state index contributed by atoms with van der Waals surface area (Å²) in [5.41, 5.74) is -0.0385. The SMILES string of the molecule is CC1(C)CC(NC(=O)OCC2CCNCC2)CC(C)(CNC(=O)OCC2CCNCC2)C1. The first-order valence-electron chi connectivity index (χ1n) is 12.5. The Bertz CT molecular complexity index is 617. The lowest BCUT2D eigenvalue weighted by molar-refractivity contribution is 0.0578. The summed E-state index contributed by atoms with van der Waals surface area (Å²) in [5.74, 6) is 0.908. The maximum Gasteiger partial charge on any atom is 0.407 e. The van der Waals surface area contributed by atoms with E-state index in [0.29, 0.717) is 31.6 Å². The van der Waals surface area contributed by atoms with Gasteiger partial charge in [-0.25, -0.2) is 9.59 Å². The first kappa shape index (κ1) is 25.1. The number of nitrogens with one attached hydrogen (secondary N) is 4. The van der Waals surface area contributed by atoms with Crippen LogP contribution in [0.2, 0.25) is 0 Å². The molecule has 4 N–H and O–H groups in total. The van der Waals surface area contributed by atoms with E-state index in [1.807, 2.05) is 0 Å². The number of hydrogen-bond donors (Lipinski definition) is 4. The van der Waals surface area contributed by atoms with E-state index in [2.05, 4.69) is 42.0 Å². The molecule has 0 aromatic heterocycles. The van der Waals surface area contributed by atoms with Gasteiger partial charge in [-0.05, 0) is 93.8 Å². The molecule has 3 aliphatic rings. The minimum Gasteiger partial charge on any atom is -0.449 e. The summed E-state index contributed by atoms with van der Waals surface area (Å²) in [5, 5.41) is 12.7. The van der Waals surface area contributed by atoms with Gasteiger partial charge in [-0.2, -0.15) is 0 Å². The van der Waals surface area contributed by atoms with Crippen LogP contribution in [0.25, 0.3) is 0 Å². The molecule has 8 heteroatoms. The average molecular weight is 453 g/mol. The van der Waals surface area contributed by atoms with Gasteiger partial charge in [-0.1, -0.05) is 20.8 Å².